The maximum absolute atomic E-state index is 12.9. The number of phenolic OH excluding ortho intramolecular Hbond substituents is 2. The number of benzene rings is 2. The van der Waals surface area contributed by atoms with Gasteiger partial charge in [0, 0.05) is 44.9 Å². The molecule has 38 heavy (non-hydrogen) atoms. The maximum atomic E-state index is 12.9. The van der Waals surface area contributed by atoms with Gasteiger partial charge in [0.05, 0.1) is 5.56 Å². The molecule has 3 aromatic rings. The number of nitrogens with zero attached hydrogens (tertiary/aromatic N) is 4. The highest BCUT2D eigenvalue weighted by Gasteiger charge is 2.25. The Bertz CT molecular complexity index is 1290. The van der Waals surface area contributed by atoms with E-state index in [9.17, 15) is 19.8 Å². The van der Waals surface area contributed by atoms with Crippen molar-refractivity contribution in [3.63, 3.8) is 0 Å². The van der Waals surface area contributed by atoms with E-state index in [2.05, 4.69) is 15.5 Å². The van der Waals surface area contributed by atoms with Crippen LogP contribution in [0.25, 0.3) is 17.1 Å². The van der Waals surface area contributed by atoms with E-state index in [4.69, 9.17) is 5.73 Å². The third-order valence-electron chi connectivity index (χ3n) is 7.08. The first-order valence-corrected chi connectivity index (χ1v) is 13.0. The molecule has 202 valence electrons. The molecule has 0 unspecified atom stereocenters. The Balaban J connectivity index is 1.67. The number of aromatic nitrogens is 3. The van der Waals surface area contributed by atoms with Crippen molar-refractivity contribution in [2.75, 3.05) is 26.2 Å². The second-order valence-corrected chi connectivity index (χ2v) is 10.1. The molecule has 1 fully saturated rings. The predicted octanol–water partition coefficient (Wildman–Crippen LogP) is 2.96. The average Bonchev–Trinajstić information content (AvgIpc) is 3.33. The highest BCUT2D eigenvalue weighted by molar-refractivity contribution is 5.92. The van der Waals surface area contributed by atoms with Crippen LogP contribution < -0.4 is 11.1 Å². The summed E-state index contributed by atoms with van der Waals surface area (Å²) in [7, 11) is 0. The Morgan fingerprint density at radius 1 is 1.08 bits per heavy atom. The number of hydrogen-bond donors (Lipinski definition) is 4. The second kappa shape index (κ2) is 11.6. The van der Waals surface area contributed by atoms with Crippen molar-refractivity contribution < 1.29 is 19.8 Å². The van der Waals surface area contributed by atoms with Crippen LogP contribution in [-0.4, -0.2) is 67.9 Å². The summed E-state index contributed by atoms with van der Waals surface area (Å²) in [6.45, 7) is 7.64. The summed E-state index contributed by atoms with van der Waals surface area (Å²) in [6, 6.07) is 10.8. The number of nitrogens with two attached hydrogens (primary N) is 1. The van der Waals surface area contributed by atoms with Crippen molar-refractivity contribution in [3.05, 3.63) is 53.3 Å². The number of rotatable bonds is 8. The van der Waals surface area contributed by atoms with Crippen LogP contribution in [0.15, 0.2) is 36.4 Å². The van der Waals surface area contributed by atoms with Gasteiger partial charge in [-0.15, -0.1) is 10.2 Å². The first kappa shape index (κ1) is 27.1. The summed E-state index contributed by atoms with van der Waals surface area (Å²) in [5.74, 6) is 0.377. The number of hydrogen-bond acceptors (Lipinski definition) is 7. The van der Waals surface area contributed by atoms with Gasteiger partial charge in [0.15, 0.2) is 5.82 Å². The molecule has 10 heteroatoms. The molecule has 0 atom stereocenters. The Morgan fingerprint density at radius 2 is 1.76 bits per heavy atom. The van der Waals surface area contributed by atoms with E-state index in [0.717, 1.165) is 37.9 Å². The molecule has 2 aromatic carbocycles. The number of likely N-dealkylation sites (tertiary alicyclic amines) is 1. The van der Waals surface area contributed by atoms with Gasteiger partial charge in [0.25, 0.3) is 5.91 Å². The zero-order valence-electron chi connectivity index (χ0n) is 22.1. The van der Waals surface area contributed by atoms with E-state index in [1.807, 2.05) is 43.0 Å². The van der Waals surface area contributed by atoms with E-state index in [1.54, 1.807) is 17.6 Å². The zero-order chi connectivity index (χ0) is 27.4. The van der Waals surface area contributed by atoms with E-state index < -0.39 is 5.91 Å². The summed E-state index contributed by atoms with van der Waals surface area (Å²) in [6.07, 6.45) is 2.85. The third kappa shape index (κ3) is 5.80. The molecule has 1 aromatic heterocycles. The molecule has 5 N–H and O–H groups in total. The van der Waals surface area contributed by atoms with Gasteiger partial charge in [0.1, 0.15) is 11.5 Å². The topological polar surface area (TPSA) is 147 Å². The van der Waals surface area contributed by atoms with Gasteiger partial charge in [-0.25, -0.2) is 0 Å². The third-order valence-corrected chi connectivity index (χ3v) is 7.08. The summed E-state index contributed by atoms with van der Waals surface area (Å²) in [4.78, 5) is 26.5. The van der Waals surface area contributed by atoms with E-state index >= 15 is 0 Å². The SMILES string of the molecule is CC(=O)N1CCC(Cc2ccc(-n3c(C(=O)NCCN)nnc3-c3cc(C(C)C)c(O)cc3O)cc2)CC1. The molecule has 0 saturated carbocycles. The summed E-state index contributed by atoms with van der Waals surface area (Å²) < 4.78 is 1.61. The monoisotopic (exact) mass is 520 g/mol. The van der Waals surface area contributed by atoms with Crippen LogP contribution >= 0.6 is 0 Å². The van der Waals surface area contributed by atoms with Crippen LogP contribution in [-0.2, 0) is 11.2 Å². The first-order valence-electron chi connectivity index (χ1n) is 13.0. The minimum absolute atomic E-state index is 0.000332. The van der Waals surface area contributed by atoms with Crippen LogP contribution in [0.2, 0.25) is 0 Å². The van der Waals surface area contributed by atoms with Crippen LogP contribution in [0.3, 0.4) is 0 Å². The molecule has 10 nitrogen and oxygen atoms in total. The molecule has 2 amide bonds. The lowest BCUT2D eigenvalue weighted by molar-refractivity contribution is -0.130. The predicted molar refractivity (Wildman–Crippen MR) is 144 cm³/mol. The normalized spacial score (nSPS) is 14.2. The summed E-state index contributed by atoms with van der Waals surface area (Å²) in [5, 5.41) is 32.2. The molecule has 0 radical (unpaired) electrons. The maximum Gasteiger partial charge on any atom is 0.289 e. The molecular formula is C28H36N6O4. The van der Waals surface area contributed by atoms with Crippen molar-refractivity contribution in [1.82, 2.24) is 25.0 Å². The van der Waals surface area contributed by atoms with Crippen molar-refractivity contribution in [1.29, 1.82) is 0 Å². The van der Waals surface area contributed by atoms with Crippen molar-refractivity contribution in [2.24, 2.45) is 11.7 Å². The quantitative estimate of drug-likeness (QED) is 0.357. The zero-order valence-corrected chi connectivity index (χ0v) is 22.1. The van der Waals surface area contributed by atoms with Gasteiger partial charge in [0.2, 0.25) is 11.7 Å². The lowest BCUT2D eigenvalue weighted by atomic mass is 9.90. The van der Waals surface area contributed by atoms with Crippen LogP contribution in [0.5, 0.6) is 11.5 Å². The van der Waals surface area contributed by atoms with Gasteiger partial charge in [-0.1, -0.05) is 26.0 Å². The summed E-state index contributed by atoms with van der Waals surface area (Å²) >= 11 is 0. The van der Waals surface area contributed by atoms with Gasteiger partial charge in [-0.05, 0) is 60.4 Å². The Hall–Kier alpha value is -3.92. The highest BCUT2D eigenvalue weighted by atomic mass is 16.3. The molecular weight excluding hydrogens is 484 g/mol. The van der Waals surface area contributed by atoms with Gasteiger partial charge in [-0.2, -0.15) is 0 Å². The van der Waals surface area contributed by atoms with Crippen LogP contribution in [0.1, 0.15) is 61.3 Å². The fraction of sp³-hybridized carbons (Fsp3) is 0.429. The van der Waals surface area contributed by atoms with Crippen molar-refractivity contribution >= 4 is 11.8 Å². The number of aromatic hydroxyl groups is 2. The number of amides is 2. The number of piperidine rings is 1. The second-order valence-electron chi connectivity index (χ2n) is 10.1. The largest absolute Gasteiger partial charge is 0.508 e. The Labute approximate surface area is 222 Å². The molecule has 1 aliphatic heterocycles. The molecule has 2 heterocycles. The Kier molecular flexibility index (Phi) is 8.31. The minimum atomic E-state index is -0.433. The van der Waals surface area contributed by atoms with Crippen LogP contribution in [0.4, 0.5) is 0 Å². The standard InChI is InChI=1S/C28H36N6O4/c1-17(2)22-15-23(25(37)16-24(22)36)26-31-32-27(28(38)30-11-10-29)34(26)21-6-4-19(5-7-21)14-20-8-12-33(13-9-20)18(3)35/h4-7,15-17,20,36-37H,8-14,29H2,1-3H3,(H,30,38). The highest BCUT2D eigenvalue weighted by Crippen LogP contribution is 2.38. The molecule has 0 bridgehead atoms. The van der Waals surface area contributed by atoms with Gasteiger partial charge in [-0.3, -0.25) is 14.2 Å². The molecule has 1 saturated heterocycles. The molecule has 0 aliphatic carbocycles. The molecule has 1 aliphatic rings. The smallest absolute Gasteiger partial charge is 0.289 e. The number of phenols is 2. The molecule has 0 spiro atoms. The van der Waals surface area contributed by atoms with Crippen molar-refractivity contribution in [2.45, 2.75) is 46.0 Å². The van der Waals surface area contributed by atoms with Crippen LogP contribution in [0, 0.1) is 5.92 Å². The van der Waals surface area contributed by atoms with Crippen molar-refractivity contribution in [3.8, 4) is 28.6 Å². The fourth-order valence-corrected chi connectivity index (χ4v) is 4.92. The number of carbonyl (C=O) groups excluding carboxylic acids is 2. The minimum Gasteiger partial charge on any atom is -0.508 e. The van der Waals surface area contributed by atoms with Gasteiger partial charge < -0.3 is 26.2 Å². The fourth-order valence-electron chi connectivity index (χ4n) is 4.92. The Morgan fingerprint density at radius 3 is 2.37 bits per heavy atom. The number of nitrogens with one attached hydrogen (secondary N) is 1. The average molecular weight is 521 g/mol. The van der Waals surface area contributed by atoms with Gasteiger partial charge >= 0.3 is 0 Å². The van der Waals surface area contributed by atoms with E-state index in [-0.39, 0.29) is 48.1 Å². The first-order chi connectivity index (χ1) is 18.2. The van der Waals surface area contributed by atoms with E-state index in [1.165, 1.54) is 6.07 Å². The lowest BCUT2D eigenvalue weighted by Gasteiger charge is -2.31. The molecule has 4 rings (SSSR count). The van der Waals surface area contributed by atoms with E-state index in [0.29, 0.717) is 22.7 Å². The lowest BCUT2D eigenvalue weighted by Crippen LogP contribution is -2.37. The number of carbonyl (C=O) groups is 2. The summed E-state index contributed by atoms with van der Waals surface area (Å²) in [5.41, 5.74) is 8.39.